The number of hydrogen-bond donors (Lipinski definition) is 0. The molecule has 2 aliphatic heterocycles. The average molecular weight is 645 g/mol. The molecular weight excluding hydrogens is 617 g/mol. The lowest BCUT2D eigenvalue weighted by Crippen LogP contribution is -2.24. The topological polar surface area (TPSA) is 40.6 Å². The predicted octanol–water partition coefficient (Wildman–Crippen LogP) is 11.1. The van der Waals surface area contributed by atoms with E-state index in [1.165, 1.54) is 5.56 Å². The second-order valence-electron chi connectivity index (χ2n) is 11.8. The summed E-state index contributed by atoms with van der Waals surface area (Å²) in [6.07, 6.45) is 0. The second-order valence-corrected chi connectivity index (χ2v) is 14.9. The maximum absolute atomic E-state index is 14.4. The Morgan fingerprint density at radius 2 is 1.13 bits per heavy atom. The molecule has 0 aliphatic carbocycles. The number of sulfone groups is 1. The van der Waals surface area contributed by atoms with Gasteiger partial charge in [0.15, 0.2) is 5.37 Å². The highest BCUT2D eigenvalue weighted by Gasteiger charge is 2.45. The molecule has 0 aromatic heterocycles. The third-order valence-corrected chi connectivity index (χ3v) is 12.2. The minimum atomic E-state index is -3.73. The van der Waals surface area contributed by atoms with E-state index in [-0.39, 0.29) is 0 Å². The van der Waals surface area contributed by atoms with Crippen molar-refractivity contribution in [2.24, 2.45) is 0 Å². The molecule has 0 N–H and O–H groups in total. The van der Waals surface area contributed by atoms with Gasteiger partial charge in [-0.05, 0) is 88.1 Å². The number of anilines is 5. The Morgan fingerprint density at radius 1 is 0.489 bits per heavy atom. The summed E-state index contributed by atoms with van der Waals surface area (Å²) in [7, 11) is -3.73. The van der Waals surface area contributed by atoms with Crippen LogP contribution in [0.15, 0.2) is 178 Å². The summed E-state index contributed by atoms with van der Waals surface area (Å²) in [5.74, 6) is 0. The number of nitrogens with zero attached hydrogens (tertiary/aromatic N) is 2. The molecule has 7 aromatic rings. The molecule has 0 fully saturated rings. The summed E-state index contributed by atoms with van der Waals surface area (Å²) in [5.41, 5.74) is 7.78. The van der Waals surface area contributed by atoms with Gasteiger partial charge in [0.05, 0.1) is 22.0 Å². The first-order valence-electron chi connectivity index (χ1n) is 15.5. The Hall–Kier alpha value is -5.30. The van der Waals surface area contributed by atoms with Crippen molar-refractivity contribution in [1.29, 1.82) is 0 Å². The van der Waals surface area contributed by atoms with Crippen molar-refractivity contribution in [3.8, 4) is 11.1 Å². The first-order chi connectivity index (χ1) is 23.1. The summed E-state index contributed by atoms with van der Waals surface area (Å²) in [6, 6.07) is 55.2. The normalized spacial score (nSPS) is 16.0. The summed E-state index contributed by atoms with van der Waals surface area (Å²) < 4.78 is 28.7. The average Bonchev–Trinajstić information content (AvgIpc) is 3.37. The smallest absolute Gasteiger partial charge is 0.206 e. The fourth-order valence-corrected chi connectivity index (χ4v) is 9.94. The van der Waals surface area contributed by atoms with Gasteiger partial charge in [-0.15, -0.1) is 0 Å². The van der Waals surface area contributed by atoms with Gasteiger partial charge < -0.3 is 9.80 Å². The zero-order chi connectivity index (χ0) is 31.5. The Labute approximate surface area is 278 Å². The SMILES string of the molecule is O=S1(=O)c2ccccc2N(c2ccc3ccccc3c2)C1c1ccc2c(c1)Sc1ccccc1N2c1ccc(-c2ccccc2)cc1. The van der Waals surface area contributed by atoms with Gasteiger partial charge in [0.25, 0.3) is 0 Å². The van der Waals surface area contributed by atoms with Crippen molar-refractivity contribution in [2.75, 3.05) is 9.80 Å². The lowest BCUT2D eigenvalue weighted by atomic mass is 10.0. The van der Waals surface area contributed by atoms with E-state index in [4.69, 9.17) is 0 Å². The minimum Gasteiger partial charge on any atom is -0.319 e. The van der Waals surface area contributed by atoms with E-state index in [2.05, 4.69) is 114 Å². The van der Waals surface area contributed by atoms with Crippen molar-refractivity contribution in [3.63, 3.8) is 0 Å². The van der Waals surface area contributed by atoms with Crippen LogP contribution in [-0.4, -0.2) is 8.42 Å². The van der Waals surface area contributed by atoms with Gasteiger partial charge in [-0.3, -0.25) is 0 Å². The third kappa shape index (κ3) is 4.55. The molecule has 4 nitrogen and oxygen atoms in total. The van der Waals surface area contributed by atoms with E-state index in [0.717, 1.165) is 54.4 Å². The van der Waals surface area contributed by atoms with E-state index in [1.54, 1.807) is 23.9 Å². The molecule has 226 valence electrons. The predicted molar refractivity (Wildman–Crippen MR) is 193 cm³/mol. The molecule has 7 aromatic carbocycles. The molecular formula is C41H28N2O2S2. The van der Waals surface area contributed by atoms with Gasteiger partial charge in [0.1, 0.15) is 0 Å². The van der Waals surface area contributed by atoms with Crippen molar-refractivity contribution in [2.45, 2.75) is 20.1 Å². The van der Waals surface area contributed by atoms with Crippen LogP contribution in [0.1, 0.15) is 10.9 Å². The van der Waals surface area contributed by atoms with Gasteiger partial charge in [-0.25, -0.2) is 8.42 Å². The summed E-state index contributed by atoms with van der Waals surface area (Å²) in [6.45, 7) is 0. The Bertz CT molecular complexity index is 2430. The quantitative estimate of drug-likeness (QED) is 0.191. The van der Waals surface area contributed by atoms with Gasteiger partial charge >= 0.3 is 0 Å². The van der Waals surface area contributed by atoms with Gasteiger partial charge in [0.2, 0.25) is 9.84 Å². The molecule has 0 bridgehead atoms. The number of rotatable bonds is 4. The molecule has 0 saturated heterocycles. The maximum atomic E-state index is 14.4. The van der Waals surface area contributed by atoms with Crippen LogP contribution >= 0.6 is 11.8 Å². The van der Waals surface area contributed by atoms with E-state index >= 15 is 0 Å². The minimum absolute atomic E-state index is 0.356. The highest BCUT2D eigenvalue weighted by atomic mass is 32.2. The van der Waals surface area contributed by atoms with Crippen molar-refractivity contribution < 1.29 is 8.42 Å². The van der Waals surface area contributed by atoms with Crippen molar-refractivity contribution >= 4 is 60.8 Å². The molecule has 6 heteroatoms. The maximum Gasteiger partial charge on any atom is 0.206 e. The van der Waals surface area contributed by atoms with Crippen LogP contribution < -0.4 is 9.80 Å². The molecule has 2 heterocycles. The van der Waals surface area contributed by atoms with Gasteiger partial charge in [0, 0.05) is 21.2 Å². The van der Waals surface area contributed by atoms with E-state index in [9.17, 15) is 8.42 Å². The van der Waals surface area contributed by atoms with Crippen LogP contribution in [0.3, 0.4) is 0 Å². The lowest BCUT2D eigenvalue weighted by molar-refractivity contribution is 0.589. The molecule has 0 saturated carbocycles. The van der Waals surface area contributed by atoms with Crippen LogP contribution in [0.2, 0.25) is 0 Å². The number of hydrogen-bond acceptors (Lipinski definition) is 5. The van der Waals surface area contributed by atoms with Crippen molar-refractivity contribution in [1.82, 2.24) is 0 Å². The van der Waals surface area contributed by atoms with E-state index in [1.807, 2.05) is 47.4 Å². The molecule has 47 heavy (non-hydrogen) atoms. The fourth-order valence-electron chi connectivity index (χ4n) is 6.85. The first kappa shape index (κ1) is 28.0. The zero-order valence-electron chi connectivity index (χ0n) is 25.2. The monoisotopic (exact) mass is 644 g/mol. The lowest BCUT2D eigenvalue weighted by Gasteiger charge is -2.34. The molecule has 1 unspecified atom stereocenters. The molecule has 1 atom stereocenters. The van der Waals surface area contributed by atoms with E-state index < -0.39 is 15.2 Å². The third-order valence-electron chi connectivity index (χ3n) is 9.04. The van der Waals surface area contributed by atoms with Crippen LogP contribution in [0.25, 0.3) is 21.9 Å². The zero-order valence-corrected chi connectivity index (χ0v) is 26.8. The second kappa shape index (κ2) is 10.9. The molecule has 0 radical (unpaired) electrons. The highest BCUT2D eigenvalue weighted by molar-refractivity contribution is 7.99. The number of fused-ring (bicyclic) bond motifs is 4. The van der Waals surface area contributed by atoms with Gasteiger partial charge in [-0.2, -0.15) is 0 Å². The van der Waals surface area contributed by atoms with Crippen LogP contribution in [0.4, 0.5) is 28.4 Å². The van der Waals surface area contributed by atoms with E-state index in [0.29, 0.717) is 10.6 Å². The highest BCUT2D eigenvalue weighted by Crippen LogP contribution is 2.55. The van der Waals surface area contributed by atoms with Crippen LogP contribution in [-0.2, 0) is 9.84 Å². The molecule has 0 amide bonds. The summed E-state index contributed by atoms with van der Waals surface area (Å²) in [4.78, 5) is 6.75. The van der Waals surface area contributed by atoms with Crippen LogP contribution in [0.5, 0.6) is 0 Å². The Kier molecular flexibility index (Phi) is 6.49. The Morgan fingerprint density at radius 3 is 1.96 bits per heavy atom. The number of benzene rings is 7. The van der Waals surface area contributed by atoms with Crippen LogP contribution in [0, 0.1) is 0 Å². The number of para-hydroxylation sites is 2. The largest absolute Gasteiger partial charge is 0.319 e. The molecule has 9 rings (SSSR count). The first-order valence-corrected chi connectivity index (χ1v) is 17.9. The molecule has 0 spiro atoms. The summed E-state index contributed by atoms with van der Waals surface area (Å²) in [5, 5.41) is 1.28. The Balaban J connectivity index is 1.17. The summed E-state index contributed by atoms with van der Waals surface area (Å²) >= 11 is 1.68. The van der Waals surface area contributed by atoms with Gasteiger partial charge in [-0.1, -0.05) is 115 Å². The van der Waals surface area contributed by atoms with Crippen molar-refractivity contribution in [3.05, 3.63) is 169 Å². The molecule has 2 aliphatic rings. The fraction of sp³-hybridized carbons (Fsp3) is 0.0244. The standard InChI is InChI=1S/C41H28N2O2S2/c44-47(45)40-17-9-7-15-37(40)43(34-24-20-29-12-4-5-13-31(29)26-34)41(47)32-21-25-36-39(27-32)46-38-16-8-6-14-35(38)42(36)33-22-18-30(19-23-33)28-10-2-1-3-11-28/h1-27,41H.